The second-order valence-corrected chi connectivity index (χ2v) is 4.03. The van der Waals surface area contributed by atoms with Gasteiger partial charge in [0.25, 0.3) is 0 Å². The highest BCUT2D eigenvalue weighted by molar-refractivity contribution is 5.72. The van der Waals surface area contributed by atoms with Crippen molar-refractivity contribution in [2.24, 2.45) is 7.05 Å². The van der Waals surface area contributed by atoms with E-state index < -0.39 is 0 Å². The summed E-state index contributed by atoms with van der Waals surface area (Å²) in [7, 11) is 5.16. The van der Waals surface area contributed by atoms with Crippen molar-refractivity contribution in [3.05, 3.63) is 23.9 Å². The van der Waals surface area contributed by atoms with E-state index in [1.165, 1.54) is 0 Å². The number of hydrogen-bond acceptors (Lipinski definition) is 4. The molecule has 1 aromatic heterocycles. The van der Waals surface area contributed by atoms with Crippen molar-refractivity contribution < 1.29 is 9.47 Å². The van der Waals surface area contributed by atoms with Crippen LogP contribution >= 0.6 is 0 Å². The number of rotatable bonds is 3. The summed E-state index contributed by atoms with van der Waals surface area (Å²) < 4.78 is 12.6. The Morgan fingerprint density at radius 1 is 1.22 bits per heavy atom. The van der Waals surface area contributed by atoms with E-state index in [-0.39, 0.29) is 0 Å². The molecule has 0 unspecified atom stereocenters. The molecule has 0 atom stereocenters. The largest absolute Gasteiger partial charge is 0.496 e. The molecule has 0 bridgehead atoms. The van der Waals surface area contributed by atoms with Crippen molar-refractivity contribution in [2.45, 2.75) is 6.92 Å². The molecule has 2 rings (SSSR count). The molecule has 0 radical (unpaired) electrons. The third-order valence-corrected chi connectivity index (χ3v) is 3.08. The van der Waals surface area contributed by atoms with E-state index in [0.717, 1.165) is 28.3 Å². The summed E-state index contributed by atoms with van der Waals surface area (Å²) in [5, 5.41) is 0. The zero-order chi connectivity index (χ0) is 13.3. The van der Waals surface area contributed by atoms with Gasteiger partial charge in [0, 0.05) is 18.2 Å². The Morgan fingerprint density at radius 2 is 1.94 bits per heavy atom. The minimum absolute atomic E-state index is 0.473. The molecule has 2 aromatic rings. The van der Waals surface area contributed by atoms with E-state index in [9.17, 15) is 0 Å². The van der Waals surface area contributed by atoms with Gasteiger partial charge in [-0.1, -0.05) is 0 Å². The van der Waals surface area contributed by atoms with Crippen LogP contribution in [0.2, 0.25) is 0 Å². The van der Waals surface area contributed by atoms with Crippen LogP contribution in [0.1, 0.15) is 5.56 Å². The summed E-state index contributed by atoms with van der Waals surface area (Å²) in [5.74, 6) is 2.05. The van der Waals surface area contributed by atoms with E-state index in [0.29, 0.717) is 5.95 Å². The summed E-state index contributed by atoms with van der Waals surface area (Å²) in [5.41, 5.74) is 8.56. The Labute approximate surface area is 106 Å². The second kappa shape index (κ2) is 4.60. The first-order chi connectivity index (χ1) is 8.60. The maximum Gasteiger partial charge on any atom is 0.200 e. The Balaban J connectivity index is 2.65. The van der Waals surface area contributed by atoms with Crippen LogP contribution in [0.15, 0.2) is 18.3 Å². The van der Waals surface area contributed by atoms with E-state index >= 15 is 0 Å². The number of imidazole rings is 1. The lowest BCUT2D eigenvalue weighted by molar-refractivity contribution is 0.389. The normalized spacial score (nSPS) is 10.4. The summed E-state index contributed by atoms with van der Waals surface area (Å²) >= 11 is 0. The molecule has 2 N–H and O–H groups in total. The van der Waals surface area contributed by atoms with Gasteiger partial charge in [-0.3, -0.25) is 0 Å². The molecule has 0 aliphatic carbocycles. The Bertz CT molecular complexity index is 576. The molecular formula is C13H17N3O2. The first-order valence-electron chi connectivity index (χ1n) is 5.59. The second-order valence-electron chi connectivity index (χ2n) is 4.03. The highest BCUT2D eigenvalue weighted by Gasteiger charge is 2.15. The van der Waals surface area contributed by atoms with E-state index in [1.807, 2.05) is 30.7 Å². The number of benzene rings is 1. The zero-order valence-corrected chi connectivity index (χ0v) is 11.0. The van der Waals surface area contributed by atoms with Crippen molar-refractivity contribution >= 4 is 5.95 Å². The number of aromatic nitrogens is 2. The molecule has 0 saturated carbocycles. The van der Waals surface area contributed by atoms with Crippen LogP contribution in [0.25, 0.3) is 11.3 Å². The molecule has 0 aliphatic rings. The fourth-order valence-electron chi connectivity index (χ4n) is 2.03. The summed E-state index contributed by atoms with van der Waals surface area (Å²) in [4.78, 5) is 4.09. The average molecular weight is 247 g/mol. The minimum Gasteiger partial charge on any atom is -0.496 e. The van der Waals surface area contributed by atoms with Gasteiger partial charge in [0.1, 0.15) is 11.5 Å². The SMILES string of the molecule is COc1ccc(-c2cnc(N)n2C)c(OC)c1C. The molecule has 0 saturated heterocycles. The quantitative estimate of drug-likeness (QED) is 0.901. The molecule has 0 fully saturated rings. The van der Waals surface area contributed by atoms with Crippen LogP contribution in [0.4, 0.5) is 5.95 Å². The van der Waals surface area contributed by atoms with Gasteiger partial charge in [0.05, 0.1) is 26.1 Å². The number of methoxy groups -OCH3 is 2. The first-order valence-corrected chi connectivity index (χ1v) is 5.59. The third kappa shape index (κ3) is 1.77. The first kappa shape index (κ1) is 12.3. The van der Waals surface area contributed by atoms with E-state index in [2.05, 4.69) is 4.98 Å². The molecule has 1 heterocycles. The Morgan fingerprint density at radius 3 is 2.44 bits per heavy atom. The maximum absolute atomic E-state index is 5.75. The van der Waals surface area contributed by atoms with Crippen LogP contribution in [-0.2, 0) is 7.05 Å². The molecule has 1 aromatic carbocycles. The number of hydrogen-bond donors (Lipinski definition) is 1. The van der Waals surface area contributed by atoms with Crippen molar-refractivity contribution in [2.75, 3.05) is 20.0 Å². The molecule has 0 amide bonds. The van der Waals surface area contributed by atoms with Gasteiger partial charge in [-0.15, -0.1) is 0 Å². The monoisotopic (exact) mass is 247 g/mol. The molecule has 0 aliphatic heterocycles. The van der Waals surface area contributed by atoms with E-state index in [1.54, 1.807) is 20.4 Å². The highest BCUT2D eigenvalue weighted by Crippen LogP contribution is 2.37. The predicted octanol–water partition coefficient (Wildman–Crippen LogP) is 1.99. The Hall–Kier alpha value is -2.17. The van der Waals surface area contributed by atoms with Crippen molar-refractivity contribution in [3.63, 3.8) is 0 Å². The van der Waals surface area contributed by atoms with Gasteiger partial charge >= 0.3 is 0 Å². The molecule has 18 heavy (non-hydrogen) atoms. The van der Waals surface area contributed by atoms with Crippen molar-refractivity contribution in [3.8, 4) is 22.8 Å². The van der Waals surface area contributed by atoms with E-state index in [4.69, 9.17) is 15.2 Å². The summed E-state index contributed by atoms with van der Waals surface area (Å²) in [6.45, 7) is 1.96. The van der Waals surface area contributed by atoms with Crippen LogP contribution in [0.5, 0.6) is 11.5 Å². The van der Waals surface area contributed by atoms with Crippen LogP contribution in [-0.4, -0.2) is 23.8 Å². The lowest BCUT2D eigenvalue weighted by atomic mass is 10.1. The fourth-order valence-corrected chi connectivity index (χ4v) is 2.03. The number of nitrogen functional groups attached to an aromatic ring is 1. The number of anilines is 1. The van der Waals surface area contributed by atoms with Crippen molar-refractivity contribution in [1.82, 2.24) is 9.55 Å². The molecular weight excluding hydrogens is 230 g/mol. The lowest BCUT2D eigenvalue weighted by Crippen LogP contribution is -2.01. The third-order valence-electron chi connectivity index (χ3n) is 3.08. The van der Waals surface area contributed by atoms with Gasteiger partial charge in [0.15, 0.2) is 5.95 Å². The van der Waals surface area contributed by atoms with Gasteiger partial charge in [-0.2, -0.15) is 0 Å². The average Bonchev–Trinajstić information content (AvgIpc) is 2.69. The maximum atomic E-state index is 5.75. The van der Waals surface area contributed by atoms with Crippen LogP contribution < -0.4 is 15.2 Å². The Kier molecular flexibility index (Phi) is 3.14. The zero-order valence-electron chi connectivity index (χ0n) is 11.0. The van der Waals surface area contributed by atoms with Crippen LogP contribution in [0, 0.1) is 6.92 Å². The smallest absolute Gasteiger partial charge is 0.200 e. The lowest BCUT2D eigenvalue weighted by Gasteiger charge is -2.14. The number of nitrogens with two attached hydrogens (primary N) is 1. The molecule has 96 valence electrons. The highest BCUT2D eigenvalue weighted by atomic mass is 16.5. The number of nitrogens with zero attached hydrogens (tertiary/aromatic N) is 2. The molecule has 5 nitrogen and oxygen atoms in total. The standard InChI is InChI=1S/C13H17N3O2/c1-8-11(17-3)6-5-9(12(8)18-4)10-7-15-13(14)16(10)2/h5-7H,1-4H3,(H2,14,15). The van der Waals surface area contributed by atoms with Gasteiger partial charge in [0.2, 0.25) is 0 Å². The van der Waals surface area contributed by atoms with Crippen molar-refractivity contribution in [1.29, 1.82) is 0 Å². The minimum atomic E-state index is 0.473. The van der Waals surface area contributed by atoms with Gasteiger partial charge < -0.3 is 19.8 Å². The summed E-state index contributed by atoms with van der Waals surface area (Å²) in [6, 6.07) is 3.86. The topological polar surface area (TPSA) is 62.3 Å². The van der Waals surface area contributed by atoms with Crippen LogP contribution in [0.3, 0.4) is 0 Å². The number of ether oxygens (including phenoxy) is 2. The fraction of sp³-hybridized carbons (Fsp3) is 0.308. The van der Waals surface area contributed by atoms with Gasteiger partial charge in [-0.25, -0.2) is 4.98 Å². The molecule has 0 spiro atoms. The van der Waals surface area contributed by atoms with Gasteiger partial charge in [-0.05, 0) is 19.1 Å². The predicted molar refractivity (Wildman–Crippen MR) is 70.9 cm³/mol. The summed E-state index contributed by atoms with van der Waals surface area (Å²) in [6.07, 6.45) is 1.74. The molecule has 5 heteroatoms.